The highest BCUT2D eigenvalue weighted by molar-refractivity contribution is 6.08. The van der Waals surface area contributed by atoms with Crippen molar-refractivity contribution in [2.75, 3.05) is 0 Å². The lowest BCUT2D eigenvalue weighted by atomic mass is 10.1. The van der Waals surface area contributed by atoms with Gasteiger partial charge in [-0.05, 0) is 25.1 Å². The fraction of sp³-hybridized carbons (Fsp3) is 0.100. The molecule has 0 unspecified atom stereocenters. The van der Waals surface area contributed by atoms with Crippen molar-refractivity contribution in [2.24, 2.45) is 10.9 Å². The molecule has 1 aromatic rings. The minimum absolute atomic E-state index is 0.289. The summed E-state index contributed by atoms with van der Waals surface area (Å²) in [5.41, 5.74) is 1.25. The molecule has 0 spiro atoms. The Morgan fingerprint density at radius 2 is 2.31 bits per heavy atom. The van der Waals surface area contributed by atoms with Crippen LogP contribution in [0.1, 0.15) is 12.5 Å². The summed E-state index contributed by atoms with van der Waals surface area (Å²) in [5.74, 6) is 4.87. The summed E-state index contributed by atoms with van der Waals surface area (Å²) in [6.07, 6.45) is 3.53. The zero-order chi connectivity index (χ0) is 9.68. The van der Waals surface area contributed by atoms with E-state index in [-0.39, 0.29) is 5.82 Å². The van der Waals surface area contributed by atoms with Gasteiger partial charge in [-0.25, -0.2) is 4.39 Å². The quantitative estimate of drug-likeness (QED) is 0.420. The van der Waals surface area contributed by atoms with Gasteiger partial charge in [0.05, 0.1) is 5.71 Å². The fourth-order valence-electron chi connectivity index (χ4n) is 1.02. The van der Waals surface area contributed by atoms with Crippen LogP contribution in [-0.4, -0.2) is 5.71 Å². The number of benzene rings is 1. The van der Waals surface area contributed by atoms with E-state index in [1.165, 1.54) is 12.1 Å². The minimum Gasteiger partial charge on any atom is -0.323 e. The van der Waals surface area contributed by atoms with Gasteiger partial charge in [-0.3, -0.25) is 0 Å². The van der Waals surface area contributed by atoms with Crippen LogP contribution in [-0.2, 0) is 0 Å². The third kappa shape index (κ3) is 2.40. The molecule has 0 aliphatic rings. The van der Waals surface area contributed by atoms with Gasteiger partial charge < -0.3 is 5.84 Å². The topological polar surface area (TPSA) is 38.4 Å². The molecule has 0 heterocycles. The SMILES string of the molecule is C/C=C\C(=N/N)c1cccc(F)c1. The molecule has 0 saturated carbocycles. The number of halogens is 1. The Balaban J connectivity index is 3.06. The molecule has 0 bridgehead atoms. The van der Waals surface area contributed by atoms with Crippen molar-refractivity contribution < 1.29 is 4.39 Å². The van der Waals surface area contributed by atoms with E-state index in [1.54, 1.807) is 24.3 Å². The molecular formula is C10H11FN2. The fourth-order valence-corrected chi connectivity index (χ4v) is 1.02. The van der Waals surface area contributed by atoms with Gasteiger partial charge in [0.2, 0.25) is 0 Å². The molecule has 0 atom stereocenters. The van der Waals surface area contributed by atoms with E-state index >= 15 is 0 Å². The maximum atomic E-state index is 12.8. The first kappa shape index (κ1) is 9.45. The van der Waals surface area contributed by atoms with Crippen LogP contribution in [0.5, 0.6) is 0 Å². The van der Waals surface area contributed by atoms with Crippen LogP contribution >= 0.6 is 0 Å². The summed E-state index contributed by atoms with van der Waals surface area (Å²) in [4.78, 5) is 0. The highest BCUT2D eigenvalue weighted by atomic mass is 19.1. The first-order valence-electron chi connectivity index (χ1n) is 3.94. The minimum atomic E-state index is -0.289. The van der Waals surface area contributed by atoms with Crippen LogP contribution < -0.4 is 5.84 Å². The van der Waals surface area contributed by atoms with Crippen molar-refractivity contribution in [1.82, 2.24) is 0 Å². The smallest absolute Gasteiger partial charge is 0.123 e. The third-order valence-corrected chi connectivity index (χ3v) is 1.58. The van der Waals surface area contributed by atoms with Crippen LogP contribution in [0.3, 0.4) is 0 Å². The van der Waals surface area contributed by atoms with Crippen molar-refractivity contribution in [3.8, 4) is 0 Å². The summed E-state index contributed by atoms with van der Waals surface area (Å²) < 4.78 is 12.8. The zero-order valence-corrected chi connectivity index (χ0v) is 7.37. The van der Waals surface area contributed by atoms with Gasteiger partial charge in [0.15, 0.2) is 0 Å². The van der Waals surface area contributed by atoms with E-state index in [2.05, 4.69) is 5.10 Å². The summed E-state index contributed by atoms with van der Waals surface area (Å²) in [6.45, 7) is 1.85. The van der Waals surface area contributed by atoms with E-state index in [0.29, 0.717) is 11.3 Å². The first-order chi connectivity index (χ1) is 6.27. The van der Waals surface area contributed by atoms with Gasteiger partial charge in [0, 0.05) is 5.56 Å². The lowest BCUT2D eigenvalue weighted by Crippen LogP contribution is -2.00. The van der Waals surface area contributed by atoms with Crippen LogP contribution in [0.15, 0.2) is 41.5 Å². The average Bonchev–Trinajstić information content (AvgIpc) is 2.14. The van der Waals surface area contributed by atoms with Crippen molar-refractivity contribution in [3.63, 3.8) is 0 Å². The number of hydrogen-bond acceptors (Lipinski definition) is 2. The summed E-state index contributed by atoms with van der Waals surface area (Å²) in [5, 5.41) is 3.55. The molecule has 1 rings (SSSR count). The third-order valence-electron chi connectivity index (χ3n) is 1.58. The van der Waals surface area contributed by atoms with Gasteiger partial charge >= 0.3 is 0 Å². The monoisotopic (exact) mass is 178 g/mol. The van der Waals surface area contributed by atoms with Crippen molar-refractivity contribution in [3.05, 3.63) is 47.8 Å². The molecule has 0 aliphatic heterocycles. The van der Waals surface area contributed by atoms with E-state index in [4.69, 9.17) is 5.84 Å². The second kappa shape index (κ2) is 4.40. The van der Waals surface area contributed by atoms with Crippen LogP contribution in [0, 0.1) is 5.82 Å². The molecule has 0 amide bonds. The highest BCUT2D eigenvalue weighted by Crippen LogP contribution is 2.05. The standard InChI is InChI=1S/C10H11FN2/c1-2-4-10(13-12)8-5-3-6-9(11)7-8/h2-7H,12H2,1H3/b4-2-,13-10+. The summed E-state index contributed by atoms with van der Waals surface area (Å²) in [6, 6.07) is 6.16. The molecule has 2 nitrogen and oxygen atoms in total. The highest BCUT2D eigenvalue weighted by Gasteiger charge is 1.99. The van der Waals surface area contributed by atoms with E-state index in [9.17, 15) is 4.39 Å². The Bertz CT molecular complexity index is 343. The molecule has 0 fully saturated rings. The lowest BCUT2D eigenvalue weighted by molar-refractivity contribution is 0.627. The van der Waals surface area contributed by atoms with Crippen LogP contribution in [0.25, 0.3) is 0 Å². The molecule has 0 saturated heterocycles. The zero-order valence-electron chi connectivity index (χ0n) is 7.37. The normalized spacial score (nSPS) is 12.3. The molecule has 3 heteroatoms. The first-order valence-corrected chi connectivity index (χ1v) is 3.94. The Hall–Kier alpha value is -1.64. The second-order valence-corrected chi connectivity index (χ2v) is 2.52. The van der Waals surface area contributed by atoms with Gasteiger partial charge in [-0.1, -0.05) is 18.2 Å². The van der Waals surface area contributed by atoms with Crippen molar-refractivity contribution in [2.45, 2.75) is 6.92 Å². The Labute approximate surface area is 76.6 Å². The predicted octanol–water partition coefficient (Wildman–Crippen LogP) is 2.06. The summed E-state index contributed by atoms with van der Waals surface area (Å²) >= 11 is 0. The lowest BCUT2D eigenvalue weighted by Gasteiger charge is -1.99. The van der Waals surface area contributed by atoms with Crippen LogP contribution in [0.2, 0.25) is 0 Å². The molecule has 0 aromatic heterocycles. The molecule has 2 N–H and O–H groups in total. The van der Waals surface area contributed by atoms with E-state index in [0.717, 1.165) is 0 Å². The number of hydrogen-bond donors (Lipinski definition) is 1. The van der Waals surface area contributed by atoms with Crippen molar-refractivity contribution in [1.29, 1.82) is 0 Å². The Morgan fingerprint density at radius 3 is 2.85 bits per heavy atom. The second-order valence-electron chi connectivity index (χ2n) is 2.52. The van der Waals surface area contributed by atoms with Gasteiger partial charge in [0.1, 0.15) is 5.82 Å². The predicted molar refractivity (Wildman–Crippen MR) is 51.9 cm³/mol. The Morgan fingerprint density at radius 1 is 1.54 bits per heavy atom. The molecule has 13 heavy (non-hydrogen) atoms. The van der Waals surface area contributed by atoms with Gasteiger partial charge in [0.25, 0.3) is 0 Å². The maximum Gasteiger partial charge on any atom is 0.123 e. The molecule has 0 radical (unpaired) electrons. The number of hydrazone groups is 1. The molecule has 0 aliphatic carbocycles. The molecule has 1 aromatic carbocycles. The number of allylic oxidation sites excluding steroid dienone is 2. The van der Waals surface area contributed by atoms with Crippen LogP contribution in [0.4, 0.5) is 4.39 Å². The summed E-state index contributed by atoms with van der Waals surface area (Å²) in [7, 11) is 0. The number of nitrogens with two attached hydrogens (primary N) is 1. The largest absolute Gasteiger partial charge is 0.323 e. The number of rotatable bonds is 2. The number of nitrogens with zero attached hydrogens (tertiary/aromatic N) is 1. The molecular weight excluding hydrogens is 167 g/mol. The van der Waals surface area contributed by atoms with E-state index in [1.807, 2.05) is 6.92 Å². The van der Waals surface area contributed by atoms with Gasteiger partial charge in [-0.15, -0.1) is 0 Å². The Kier molecular flexibility index (Phi) is 3.20. The van der Waals surface area contributed by atoms with E-state index < -0.39 is 0 Å². The van der Waals surface area contributed by atoms with Crippen molar-refractivity contribution >= 4 is 5.71 Å². The molecule has 68 valence electrons. The average molecular weight is 178 g/mol. The van der Waals surface area contributed by atoms with Gasteiger partial charge in [-0.2, -0.15) is 5.10 Å². The maximum absolute atomic E-state index is 12.8.